The fourth-order valence-electron chi connectivity index (χ4n) is 3.16. The molecule has 0 atom stereocenters. The Kier molecular flexibility index (Phi) is 7.21. The summed E-state index contributed by atoms with van der Waals surface area (Å²) in [6, 6.07) is 17.5. The maximum Gasteiger partial charge on any atom is 0.343 e. The average molecular weight is 634 g/mol. The Morgan fingerprint density at radius 1 is 1.06 bits per heavy atom. The lowest BCUT2D eigenvalue weighted by atomic mass is 10.2. The number of nitrogens with zero attached hydrogens (tertiary/aromatic N) is 3. The molecular formula is C24H16Br3N3O3. The highest BCUT2D eigenvalue weighted by Crippen LogP contribution is 2.33. The SMILES string of the molecule is CCc1nc2ccccc2c(=O)n1N=Cc1cc(Br)cc(Br)c1OC(=O)c1ccc(Br)cc1. The fraction of sp³-hybridized carbons (Fsp3) is 0.0833. The topological polar surface area (TPSA) is 73.6 Å². The molecule has 0 aliphatic rings. The molecule has 1 heterocycles. The van der Waals surface area contributed by atoms with Crippen LogP contribution >= 0.6 is 47.8 Å². The Balaban J connectivity index is 1.76. The number of hydrogen-bond acceptors (Lipinski definition) is 5. The van der Waals surface area contributed by atoms with Crippen LogP contribution in [0.5, 0.6) is 5.75 Å². The highest BCUT2D eigenvalue weighted by molar-refractivity contribution is 9.11. The van der Waals surface area contributed by atoms with Crippen LogP contribution in [0, 0.1) is 0 Å². The summed E-state index contributed by atoms with van der Waals surface area (Å²) >= 11 is 10.3. The molecule has 0 N–H and O–H groups in total. The van der Waals surface area contributed by atoms with E-state index < -0.39 is 5.97 Å². The van der Waals surface area contributed by atoms with E-state index in [1.807, 2.05) is 13.0 Å². The van der Waals surface area contributed by atoms with E-state index in [1.54, 1.807) is 54.6 Å². The molecule has 4 rings (SSSR count). The van der Waals surface area contributed by atoms with E-state index in [-0.39, 0.29) is 11.3 Å². The summed E-state index contributed by atoms with van der Waals surface area (Å²) < 4.78 is 9.13. The van der Waals surface area contributed by atoms with E-state index in [0.717, 1.165) is 8.95 Å². The molecule has 9 heteroatoms. The fourth-order valence-corrected chi connectivity index (χ4v) is 4.76. The molecule has 0 saturated heterocycles. The smallest absolute Gasteiger partial charge is 0.343 e. The lowest BCUT2D eigenvalue weighted by molar-refractivity contribution is 0.0733. The van der Waals surface area contributed by atoms with Gasteiger partial charge in [0.1, 0.15) is 5.82 Å². The molecule has 166 valence electrons. The van der Waals surface area contributed by atoms with Crippen LogP contribution < -0.4 is 10.3 Å². The van der Waals surface area contributed by atoms with E-state index >= 15 is 0 Å². The third-order valence-electron chi connectivity index (χ3n) is 4.76. The maximum absolute atomic E-state index is 13.0. The molecule has 0 spiro atoms. The molecule has 0 unspecified atom stereocenters. The highest BCUT2D eigenvalue weighted by Gasteiger charge is 2.16. The number of ether oxygens (including phenoxy) is 1. The number of aromatic nitrogens is 2. The minimum Gasteiger partial charge on any atom is -0.421 e. The van der Waals surface area contributed by atoms with Crippen molar-refractivity contribution in [3.63, 3.8) is 0 Å². The molecule has 1 aromatic heterocycles. The lowest BCUT2D eigenvalue weighted by Crippen LogP contribution is -2.22. The van der Waals surface area contributed by atoms with E-state index in [9.17, 15) is 9.59 Å². The van der Waals surface area contributed by atoms with Gasteiger partial charge in [-0.2, -0.15) is 9.78 Å². The van der Waals surface area contributed by atoms with Crippen LogP contribution in [-0.2, 0) is 6.42 Å². The monoisotopic (exact) mass is 631 g/mol. The summed E-state index contributed by atoms with van der Waals surface area (Å²) in [6.07, 6.45) is 2.00. The number of esters is 1. The first-order chi connectivity index (χ1) is 15.9. The number of carbonyl (C=O) groups excluding carboxylic acids is 1. The zero-order chi connectivity index (χ0) is 23.5. The van der Waals surface area contributed by atoms with E-state index in [0.29, 0.717) is 38.7 Å². The number of benzene rings is 3. The lowest BCUT2D eigenvalue weighted by Gasteiger charge is -2.11. The summed E-state index contributed by atoms with van der Waals surface area (Å²) in [5, 5.41) is 4.89. The van der Waals surface area contributed by atoms with Gasteiger partial charge in [0.05, 0.1) is 27.2 Å². The molecular weight excluding hydrogens is 618 g/mol. The Labute approximate surface area is 214 Å². The molecule has 0 amide bonds. The highest BCUT2D eigenvalue weighted by atomic mass is 79.9. The van der Waals surface area contributed by atoms with Gasteiger partial charge in [-0.15, -0.1) is 0 Å². The van der Waals surface area contributed by atoms with Gasteiger partial charge < -0.3 is 4.74 Å². The number of carbonyl (C=O) groups is 1. The molecule has 0 saturated carbocycles. The van der Waals surface area contributed by atoms with E-state index in [4.69, 9.17) is 4.74 Å². The predicted octanol–water partition coefficient (Wildman–Crippen LogP) is 6.35. The first-order valence-electron chi connectivity index (χ1n) is 9.89. The molecule has 6 nitrogen and oxygen atoms in total. The van der Waals surface area contributed by atoms with Crippen LogP contribution in [0.4, 0.5) is 0 Å². The van der Waals surface area contributed by atoms with Gasteiger partial charge in [-0.05, 0) is 64.5 Å². The maximum atomic E-state index is 13.0. The molecule has 0 bridgehead atoms. The number of hydrogen-bond donors (Lipinski definition) is 0. The van der Waals surface area contributed by atoms with Crippen molar-refractivity contribution in [1.82, 2.24) is 9.66 Å². The Morgan fingerprint density at radius 2 is 1.79 bits per heavy atom. The van der Waals surface area contributed by atoms with Crippen LogP contribution in [0.3, 0.4) is 0 Å². The second kappa shape index (κ2) is 10.1. The zero-order valence-corrected chi connectivity index (χ0v) is 22.0. The summed E-state index contributed by atoms with van der Waals surface area (Å²) in [5.41, 5.74) is 1.26. The van der Waals surface area contributed by atoms with Crippen molar-refractivity contribution in [3.05, 3.63) is 101 Å². The molecule has 4 aromatic rings. The van der Waals surface area contributed by atoms with Crippen LogP contribution in [0.25, 0.3) is 10.9 Å². The first-order valence-corrected chi connectivity index (χ1v) is 12.3. The van der Waals surface area contributed by atoms with Crippen molar-refractivity contribution in [2.24, 2.45) is 5.10 Å². The third kappa shape index (κ3) is 5.15. The minimum atomic E-state index is -0.515. The quantitative estimate of drug-likeness (QED) is 0.146. The van der Waals surface area contributed by atoms with Gasteiger partial charge >= 0.3 is 5.97 Å². The Morgan fingerprint density at radius 3 is 2.52 bits per heavy atom. The van der Waals surface area contributed by atoms with Gasteiger partial charge in [0, 0.05) is 20.9 Å². The van der Waals surface area contributed by atoms with Gasteiger partial charge in [-0.25, -0.2) is 9.78 Å². The van der Waals surface area contributed by atoms with Crippen molar-refractivity contribution in [2.75, 3.05) is 0 Å². The summed E-state index contributed by atoms with van der Waals surface area (Å²) in [5.74, 6) is 0.297. The van der Waals surface area contributed by atoms with Gasteiger partial charge in [0.15, 0.2) is 5.75 Å². The molecule has 33 heavy (non-hydrogen) atoms. The van der Waals surface area contributed by atoms with Crippen LogP contribution in [0.2, 0.25) is 0 Å². The molecule has 0 fully saturated rings. The van der Waals surface area contributed by atoms with Crippen LogP contribution in [0.1, 0.15) is 28.7 Å². The minimum absolute atomic E-state index is 0.267. The van der Waals surface area contributed by atoms with Crippen LogP contribution in [-0.4, -0.2) is 21.8 Å². The van der Waals surface area contributed by atoms with Gasteiger partial charge in [-0.1, -0.05) is 50.9 Å². The van der Waals surface area contributed by atoms with Crippen molar-refractivity contribution in [3.8, 4) is 5.75 Å². The van der Waals surface area contributed by atoms with Crippen molar-refractivity contribution >= 4 is 70.9 Å². The largest absolute Gasteiger partial charge is 0.421 e. The predicted molar refractivity (Wildman–Crippen MR) is 139 cm³/mol. The second-order valence-corrected chi connectivity index (χ2v) is 9.65. The van der Waals surface area contributed by atoms with Crippen LogP contribution in [0.15, 0.2) is 84.0 Å². The number of para-hydroxylation sites is 1. The Hall–Kier alpha value is -2.62. The first kappa shape index (κ1) is 23.5. The molecule has 0 aliphatic heterocycles. The number of halogens is 3. The third-order valence-corrected chi connectivity index (χ3v) is 6.34. The van der Waals surface area contributed by atoms with Gasteiger partial charge in [-0.3, -0.25) is 4.79 Å². The molecule has 3 aromatic carbocycles. The summed E-state index contributed by atoms with van der Waals surface area (Å²) in [7, 11) is 0. The van der Waals surface area contributed by atoms with Crippen molar-refractivity contribution in [1.29, 1.82) is 0 Å². The normalized spacial score (nSPS) is 11.3. The second-order valence-electron chi connectivity index (χ2n) is 6.96. The molecule has 0 aliphatic carbocycles. The van der Waals surface area contributed by atoms with Gasteiger partial charge in [0.25, 0.3) is 5.56 Å². The number of aryl methyl sites for hydroxylation is 1. The average Bonchev–Trinajstić information content (AvgIpc) is 2.80. The zero-order valence-electron chi connectivity index (χ0n) is 17.3. The summed E-state index contributed by atoms with van der Waals surface area (Å²) in [6.45, 7) is 1.91. The van der Waals surface area contributed by atoms with Crippen molar-refractivity contribution < 1.29 is 9.53 Å². The van der Waals surface area contributed by atoms with Crippen molar-refractivity contribution in [2.45, 2.75) is 13.3 Å². The summed E-state index contributed by atoms with van der Waals surface area (Å²) in [4.78, 5) is 30.3. The van der Waals surface area contributed by atoms with E-state index in [2.05, 4.69) is 57.9 Å². The van der Waals surface area contributed by atoms with Gasteiger partial charge in [0.2, 0.25) is 0 Å². The van der Waals surface area contributed by atoms with E-state index in [1.165, 1.54) is 10.9 Å². The number of rotatable bonds is 5. The Bertz CT molecular complexity index is 1450. The molecule has 0 radical (unpaired) electrons. The standard InChI is InChI=1S/C24H16Br3N3O3/c1-2-21-29-20-6-4-3-5-18(20)23(31)30(21)28-13-15-11-17(26)12-19(27)22(15)33-24(32)14-7-9-16(25)10-8-14/h3-13H,2H2,1H3. The number of fused-ring (bicyclic) bond motifs is 1.